The summed E-state index contributed by atoms with van der Waals surface area (Å²) in [5.41, 5.74) is 0.651. The molecule has 0 radical (unpaired) electrons. The molecule has 0 bridgehead atoms. The molecule has 0 aromatic carbocycles. The fourth-order valence-corrected chi connectivity index (χ4v) is 1.64. The lowest BCUT2D eigenvalue weighted by Gasteiger charge is -2.09. The van der Waals surface area contributed by atoms with Gasteiger partial charge in [-0.3, -0.25) is 4.79 Å². The maximum absolute atomic E-state index is 12.0. The van der Waals surface area contributed by atoms with E-state index in [1.54, 1.807) is 10.9 Å². The van der Waals surface area contributed by atoms with Crippen LogP contribution < -0.4 is 0 Å². The molecule has 0 saturated heterocycles. The molecule has 1 heterocycles. The molecule has 4 nitrogen and oxygen atoms in total. The first-order valence-electron chi connectivity index (χ1n) is 5.63. The molecule has 0 N–H and O–H groups in total. The van der Waals surface area contributed by atoms with Crippen LogP contribution in [-0.4, -0.2) is 20.8 Å². The van der Waals surface area contributed by atoms with Crippen molar-refractivity contribution in [2.75, 3.05) is 0 Å². The second-order valence-corrected chi connectivity index (χ2v) is 3.90. The summed E-state index contributed by atoms with van der Waals surface area (Å²) >= 11 is 0. The highest BCUT2D eigenvalue weighted by Crippen LogP contribution is 2.12. The summed E-state index contributed by atoms with van der Waals surface area (Å²) in [6.07, 6.45) is 4.49. The first kappa shape index (κ1) is 11.9. The zero-order chi connectivity index (χ0) is 11.3. The van der Waals surface area contributed by atoms with Crippen LogP contribution in [0.25, 0.3) is 0 Å². The van der Waals surface area contributed by atoms with Gasteiger partial charge in [0.05, 0.1) is 6.20 Å². The summed E-state index contributed by atoms with van der Waals surface area (Å²) in [4.78, 5) is 12.0. The zero-order valence-electron chi connectivity index (χ0n) is 9.73. The molecule has 0 spiro atoms. The van der Waals surface area contributed by atoms with Gasteiger partial charge in [-0.2, -0.15) is 0 Å². The van der Waals surface area contributed by atoms with Gasteiger partial charge in [0.15, 0.2) is 5.78 Å². The predicted molar refractivity (Wildman–Crippen MR) is 58.7 cm³/mol. The van der Waals surface area contributed by atoms with E-state index in [0.29, 0.717) is 5.69 Å². The van der Waals surface area contributed by atoms with E-state index in [0.717, 1.165) is 25.8 Å². The SMILES string of the molecule is CCCC(C)C(=O)c1cnnn1CCC. The number of nitrogens with zero attached hydrogens (tertiary/aromatic N) is 3. The Bertz CT molecular complexity index is 319. The van der Waals surface area contributed by atoms with E-state index in [2.05, 4.69) is 24.2 Å². The van der Waals surface area contributed by atoms with Crippen molar-refractivity contribution in [1.29, 1.82) is 0 Å². The highest BCUT2D eigenvalue weighted by Gasteiger charge is 2.18. The quantitative estimate of drug-likeness (QED) is 0.675. The maximum atomic E-state index is 12.0. The summed E-state index contributed by atoms with van der Waals surface area (Å²) in [7, 11) is 0. The Balaban J connectivity index is 2.76. The average molecular weight is 209 g/mol. The maximum Gasteiger partial charge on any atom is 0.185 e. The molecule has 84 valence electrons. The van der Waals surface area contributed by atoms with Crippen LogP contribution in [0.4, 0.5) is 0 Å². The first-order valence-corrected chi connectivity index (χ1v) is 5.63. The van der Waals surface area contributed by atoms with Crippen molar-refractivity contribution in [3.05, 3.63) is 11.9 Å². The lowest BCUT2D eigenvalue weighted by Crippen LogP contribution is -2.17. The Morgan fingerprint density at radius 2 is 2.20 bits per heavy atom. The lowest BCUT2D eigenvalue weighted by molar-refractivity contribution is 0.0912. The van der Waals surface area contributed by atoms with Crippen LogP contribution in [0, 0.1) is 5.92 Å². The van der Waals surface area contributed by atoms with Crippen molar-refractivity contribution >= 4 is 5.78 Å². The van der Waals surface area contributed by atoms with E-state index < -0.39 is 0 Å². The fraction of sp³-hybridized carbons (Fsp3) is 0.727. The number of ketones is 1. The minimum absolute atomic E-state index is 0.0732. The van der Waals surface area contributed by atoms with Gasteiger partial charge in [-0.05, 0) is 12.8 Å². The van der Waals surface area contributed by atoms with Gasteiger partial charge in [0, 0.05) is 12.5 Å². The summed E-state index contributed by atoms with van der Waals surface area (Å²) < 4.78 is 1.70. The van der Waals surface area contributed by atoms with Crippen LogP contribution in [0.15, 0.2) is 6.20 Å². The number of hydrogen-bond donors (Lipinski definition) is 0. The number of rotatable bonds is 6. The van der Waals surface area contributed by atoms with Crippen molar-refractivity contribution in [3.63, 3.8) is 0 Å². The van der Waals surface area contributed by atoms with Crippen LogP contribution in [0.1, 0.15) is 50.5 Å². The molecule has 1 atom stereocenters. The normalized spacial score (nSPS) is 12.7. The van der Waals surface area contributed by atoms with E-state index in [1.165, 1.54) is 0 Å². The minimum Gasteiger partial charge on any atom is -0.292 e. The number of carbonyl (C=O) groups excluding carboxylic acids is 1. The Kier molecular flexibility index (Phi) is 4.46. The Morgan fingerprint density at radius 3 is 2.80 bits per heavy atom. The van der Waals surface area contributed by atoms with E-state index in [9.17, 15) is 4.79 Å². The van der Waals surface area contributed by atoms with Crippen LogP contribution >= 0.6 is 0 Å². The average Bonchev–Trinajstić information content (AvgIpc) is 2.66. The summed E-state index contributed by atoms with van der Waals surface area (Å²) in [5.74, 6) is 0.236. The Hall–Kier alpha value is -1.19. The van der Waals surface area contributed by atoms with Gasteiger partial charge in [0.1, 0.15) is 5.69 Å². The number of Topliss-reactive ketones (excluding diaryl/α,β-unsaturated/α-hetero) is 1. The first-order chi connectivity index (χ1) is 7.20. The van der Waals surface area contributed by atoms with E-state index in [1.807, 2.05) is 6.92 Å². The molecule has 1 rings (SSSR count). The third-order valence-electron chi connectivity index (χ3n) is 2.47. The van der Waals surface area contributed by atoms with Crippen LogP contribution in [0.3, 0.4) is 0 Å². The summed E-state index contributed by atoms with van der Waals surface area (Å²) in [6.45, 7) is 6.88. The molecule has 1 unspecified atom stereocenters. The van der Waals surface area contributed by atoms with Crippen molar-refractivity contribution in [1.82, 2.24) is 15.0 Å². The molecule has 0 amide bonds. The van der Waals surface area contributed by atoms with Crippen molar-refractivity contribution in [2.24, 2.45) is 5.92 Å². The Labute approximate surface area is 90.7 Å². The lowest BCUT2D eigenvalue weighted by atomic mass is 9.99. The monoisotopic (exact) mass is 209 g/mol. The molecule has 0 aliphatic carbocycles. The van der Waals surface area contributed by atoms with Gasteiger partial charge in [0.2, 0.25) is 0 Å². The minimum atomic E-state index is 0.0732. The van der Waals surface area contributed by atoms with Gasteiger partial charge in [-0.25, -0.2) is 4.68 Å². The zero-order valence-corrected chi connectivity index (χ0v) is 9.73. The van der Waals surface area contributed by atoms with Crippen molar-refractivity contribution in [2.45, 2.75) is 46.6 Å². The van der Waals surface area contributed by atoms with E-state index in [-0.39, 0.29) is 11.7 Å². The predicted octanol–water partition coefficient (Wildman–Crippen LogP) is 2.31. The highest BCUT2D eigenvalue weighted by atomic mass is 16.1. The second kappa shape index (κ2) is 5.63. The van der Waals surface area contributed by atoms with Gasteiger partial charge in [-0.1, -0.05) is 32.4 Å². The highest BCUT2D eigenvalue weighted by molar-refractivity contribution is 5.95. The summed E-state index contributed by atoms with van der Waals surface area (Å²) in [6, 6.07) is 0. The molecule has 15 heavy (non-hydrogen) atoms. The number of carbonyl (C=O) groups is 1. The molecule has 0 saturated carbocycles. The van der Waals surface area contributed by atoms with Crippen LogP contribution in [0.5, 0.6) is 0 Å². The number of aryl methyl sites for hydroxylation is 1. The molecule has 0 aliphatic heterocycles. The molecule has 0 fully saturated rings. The van der Waals surface area contributed by atoms with Crippen molar-refractivity contribution < 1.29 is 4.79 Å². The smallest absolute Gasteiger partial charge is 0.185 e. The topological polar surface area (TPSA) is 47.8 Å². The Morgan fingerprint density at radius 1 is 1.47 bits per heavy atom. The molecule has 0 aliphatic rings. The van der Waals surface area contributed by atoms with Gasteiger partial charge < -0.3 is 0 Å². The molecular formula is C11H19N3O. The molecule has 1 aromatic rings. The molecular weight excluding hydrogens is 190 g/mol. The van der Waals surface area contributed by atoms with Gasteiger partial charge in [-0.15, -0.1) is 5.10 Å². The largest absolute Gasteiger partial charge is 0.292 e. The van der Waals surface area contributed by atoms with Crippen LogP contribution in [0.2, 0.25) is 0 Å². The van der Waals surface area contributed by atoms with Crippen molar-refractivity contribution in [3.8, 4) is 0 Å². The third kappa shape index (κ3) is 2.88. The van der Waals surface area contributed by atoms with Gasteiger partial charge in [0.25, 0.3) is 0 Å². The molecule has 4 heteroatoms. The number of hydrogen-bond acceptors (Lipinski definition) is 3. The van der Waals surface area contributed by atoms with E-state index in [4.69, 9.17) is 0 Å². The van der Waals surface area contributed by atoms with E-state index >= 15 is 0 Å². The second-order valence-electron chi connectivity index (χ2n) is 3.90. The fourth-order valence-electron chi connectivity index (χ4n) is 1.64. The molecule has 1 aromatic heterocycles. The standard InChI is InChI=1S/C11H19N3O/c1-4-6-9(3)11(15)10-8-12-13-14(10)7-5-2/h8-9H,4-7H2,1-3H3. The number of aromatic nitrogens is 3. The third-order valence-corrected chi connectivity index (χ3v) is 2.47. The van der Waals surface area contributed by atoms with Crippen LogP contribution in [-0.2, 0) is 6.54 Å². The summed E-state index contributed by atoms with van der Waals surface area (Å²) in [5, 5.41) is 7.71. The van der Waals surface area contributed by atoms with Gasteiger partial charge >= 0.3 is 0 Å².